The number of likely N-dealkylation sites (N-methyl/N-ethyl adjacent to an activating group) is 2. The maximum absolute atomic E-state index is 12.6. The Kier molecular flexibility index (Phi) is 58.1. The largest absolute Gasteiger partial charge is 1.00 e. The standard InChI is InChI=1S/C66H122N2O14.2ClH/c1-9-11-31-43-59(81-65(75)49-39-47-63(73)79-55-51-67(3,4)5)57(69)41-33-25-19-13-15-21-27-35-45-61(71)77-53-37-29-23-17-18-24-30-38-54-78-62(72)46-36-28-22-16-14-20-26-34-42-58(70)60(44-32-12-10-2)82-66(76)50-40-48-64(74)80-56-52-68(6,7)8;;/h25-26,33-34,57-60,69-70H,9-24,27-32,35-56H2,1-8H3;2*1H/q+2;;/p-2/b33-25-,34-26-;;. The van der Waals surface area contributed by atoms with Gasteiger partial charge in [0.05, 0.1) is 67.7 Å². The van der Waals surface area contributed by atoms with Gasteiger partial charge < -0.3 is 72.4 Å². The first-order valence-corrected chi connectivity index (χ1v) is 32.5. The lowest BCUT2D eigenvalue weighted by Crippen LogP contribution is -3.00. The molecule has 0 aliphatic rings. The highest BCUT2D eigenvalue weighted by Gasteiger charge is 2.24. The highest BCUT2D eigenvalue weighted by Crippen LogP contribution is 2.19. The van der Waals surface area contributed by atoms with Gasteiger partial charge in [-0.2, -0.15) is 0 Å². The molecule has 0 aliphatic heterocycles. The van der Waals surface area contributed by atoms with Crippen molar-refractivity contribution in [1.29, 1.82) is 0 Å². The molecule has 4 unspecified atom stereocenters. The van der Waals surface area contributed by atoms with E-state index >= 15 is 0 Å². The van der Waals surface area contributed by atoms with Crippen molar-refractivity contribution in [2.75, 3.05) is 81.8 Å². The molecular weight excluding hydrogens is 1120 g/mol. The molecule has 18 heteroatoms. The van der Waals surface area contributed by atoms with E-state index in [4.69, 9.17) is 28.4 Å². The van der Waals surface area contributed by atoms with Crippen molar-refractivity contribution in [3.63, 3.8) is 0 Å². The van der Waals surface area contributed by atoms with Crippen molar-refractivity contribution in [2.24, 2.45) is 0 Å². The topological polar surface area (TPSA) is 198 Å². The van der Waals surface area contributed by atoms with Crippen LogP contribution in [0.2, 0.25) is 0 Å². The molecule has 0 aromatic rings. The summed E-state index contributed by atoms with van der Waals surface area (Å²) in [7, 11) is 12.2. The zero-order chi connectivity index (χ0) is 61.0. The third-order valence-electron chi connectivity index (χ3n) is 14.3. The third kappa shape index (κ3) is 59.1. The second kappa shape index (κ2) is 57.5. The Morgan fingerprint density at radius 2 is 0.631 bits per heavy atom. The van der Waals surface area contributed by atoms with Gasteiger partial charge in [-0.05, 0) is 103 Å². The van der Waals surface area contributed by atoms with Crippen molar-refractivity contribution in [3.8, 4) is 0 Å². The van der Waals surface area contributed by atoms with Crippen molar-refractivity contribution in [3.05, 3.63) is 24.3 Å². The summed E-state index contributed by atoms with van der Waals surface area (Å²) in [6.45, 7) is 7.33. The van der Waals surface area contributed by atoms with E-state index in [2.05, 4.69) is 26.0 Å². The highest BCUT2D eigenvalue weighted by atomic mass is 35.5. The number of halogens is 2. The molecule has 0 heterocycles. The number of aliphatic hydroxyl groups is 2. The zero-order valence-corrected chi connectivity index (χ0v) is 55.7. The van der Waals surface area contributed by atoms with Crippen molar-refractivity contribution >= 4 is 35.8 Å². The molecule has 0 rings (SSSR count). The summed E-state index contributed by atoms with van der Waals surface area (Å²) in [5.74, 6) is -1.62. The van der Waals surface area contributed by atoms with E-state index < -0.39 is 36.4 Å². The molecule has 0 radical (unpaired) electrons. The number of hydrogen-bond donors (Lipinski definition) is 2. The predicted octanol–water partition coefficient (Wildman–Crippen LogP) is 7.10. The summed E-state index contributed by atoms with van der Waals surface area (Å²) in [4.78, 5) is 73.6. The van der Waals surface area contributed by atoms with E-state index in [1.807, 2.05) is 54.4 Å². The van der Waals surface area contributed by atoms with E-state index in [-0.39, 0.29) is 74.4 Å². The third-order valence-corrected chi connectivity index (χ3v) is 14.3. The lowest BCUT2D eigenvalue weighted by Gasteiger charge is -2.23. The van der Waals surface area contributed by atoms with Gasteiger partial charge in [-0.1, -0.05) is 141 Å². The van der Waals surface area contributed by atoms with Crippen LogP contribution >= 0.6 is 0 Å². The molecule has 0 spiro atoms. The Labute approximate surface area is 523 Å². The molecular formula is C66H122Cl2N2O14. The molecule has 84 heavy (non-hydrogen) atoms. The normalized spacial score (nSPS) is 13.1. The van der Waals surface area contributed by atoms with Gasteiger partial charge in [0.1, 0.15) is 38.5 Å². The van der Waals surface area contributed by atoms with Crippen LogP contribution in [0.5, 0.6) is 0 Å². The van der Waals surface area contributed by atoms with Crippen LogP contribution in [0.3, 0.4) is 0 Å². The van der Waals surface area contributed by atoms with E-state index in [1.54, 1.807) is 0 Å². The molecule has 494 valence electrons. The monoisotopic (exact) mass is 1240 g/mol. The van der Waals surface area contributed by atoms with Gasteiger partial charge in [0, 0.05) is 38.5 Å². The first kappa shape index (κ1) is 84.9. The lowest BCUT2D eigenvalue weighted by molar-refractivity contribution is -0.870. The van der Waals surface area contributed by atoms with Gasteiger partial charge in [0.25, 0.3) is 0 Å². The molecule has 0 aromatic heterocycles. The average Bonchev–Trinajstić information content (AvgIpc) is 3.42. The molecule has 0 saturated carbocycles. The summed E-state index contributed by atoms with van der Waals surface area (Å²) >= 11 is 0. The molecule has 0 saturated heterocycles. The fourth-order valence-electron chi connectivity index (χ4n) is 8.99. The van der Waals surface area contributed by atoms with Crippen molar-refractivity contribution < 1.29 is 101 Å². The maximum Gasteiger partial charge on any atom is 0.306 e. The van der Waals surface area contributed by atoms with Gasteiger partial charge in [-0.15, -0.1) is 0 Å². The zero-order valence-electron chi connectivity index (χ0n) is 54.2. The van der Waals surface area contributed by atoms with E-state index in [1.165, 1.54) is 0 Å². The Bertz CT molecular complexity index is 1570. The van der Waals surface area contributed by atoms with Crippen LogP contribution < -0.4 is 24.8 Å². The maximum atomic E-state index is 12.6. The minimum atomic E-state index is -0.772. The number of esters is 6. The van der Waals surface area contributed by atoms with Crippen molar-refractivity contribution in [1.82, 2.24) is 0 Å². The number of ether oxygens (including phenoxy) is 6. The number of unbranched alkanes of at least 4 members (excludes halogenated alkanes) is 21. The predicted molar refractivity (Wildman–Crippen MR) is 326 cm³/mol. The molecule has 2 N–H and O–H groups in total. The van der Waals surface area contributed by atoms with Gasteiger partial charge in [-0.3, -0.25) is 28.8 Å². The first-order valence-electron chi connectivity index (χ1n) is 32.5. The molecule has 4 atom stereocenters. The number of quaternary nitrogens is 2. The summed E-state index contributed by atoms with van der Waals surface area (Å²) in [6.07, 6.45) is 35.8. The van der Waals surface area contributed by atoms with Gasteiger partial charge in [0.15, 0.2) is 0 Å². The molecule has 0 fully saturated rings. The lowest BCUT2D eigenvalue weighted by atomic mass is 10.0. The minimum Gasteiger partial charge on any atom is -1.00 e. The van der Waals surface area contributed by atoms with Crippen LogP contribution in [0.15, 0.2) is 24.3 Å². The fraction of sp³-hybridized carbons (Fsp3) is 0.848. The first-order chi connectivity index (χ1) is 39.3. The van der Waals surface area contributed by atoms with Crippen LogP contribution in [0.25, 0.3) is 0 Å². The number of allylic oxidation sites excluding steroid dienone is 2. The molecule has 0 aliphatic carbocycles. The van der Waals surface area contributed by atoms with Crippen LogP contribution in [0, 0.1) is 0 Å². The van der Waals surface area contributed by atoms with Gasteiger partial charge in [-0.25, -0.2) is 0 Å². The number of rotatable bonds is 57. The smallest absolute Gasteiger partial charge is 0.306 e. The summed E-state index contributed by atoms with van der Waals surface area (Å²) in [5.41, 5.74) is 0. The second-order valence-corrected chi connectivity index (χ2v) is 24.7. The van der Waals surface area contributed by atoms with Gasteiger partial charge in [0.2, 0.25) is 0 Å². The Morgan fingerprint density at radius 3 is 0.964 bits per heavy atom. The minimum absolute atomic E-state index is 0. The number of carbonyl (C=O) groups excluding carboxylic acids is 6. The van der Waals surface area contributed by atoms with Crippen LogP contribution in [0.1, 0.15) is 258 Å². The summed E-state index contributed by atoms with van der Waals surface area (Å²) < 4.78 is 34.3. The molecule has 0 amide bonds. The highest BCUT2D eigenvalue weighted by molar-refractivity contribution is 5.73. The van der Waals surface area contributed by atoms with Crippen LogP contribution in [0.4, 0.5) is 0 Å². The molecule has 0 aromatic carbocycles. The number of nitrogens with zero attached hydrogens (tertiary/aromatic N) is 2. The van der Waals surface area contributed by atoms with Crippen LogP contribution in [-0.4, -0.2) is 161 Å². The van der Waals surface area contributed by atoms with E-state index in [9.17, 15) is 39.0 Å². The molecule has 0 bridgehead atoms. The Morgan fingerprint density at radius 1 is 0.345 bits per heavy atom. The van der Waals surface area contributed by atoms with E-state index in [0.29, 0.717) is 86.8 Å². The van der Waals surface area contributed by atoms with Crippen molar-refractivity contribution in [2.45, 2.75) is 282 Å². The average molecular weight is 1240 g/mol. The Hall–Kier alpha value is -3.28. The second-order valence-electron chi connectivity index (χ2n) is 24.7. The molecule has 16 nitrogen and oxygen atoms in total. The van der Waals surface area contributed by atoms with E-state index in [0.717, 1.165) is 180 Å². The number of carbonyl (C=O) groups is 6. The summed E-state index contributed by atoms with van der Waals surface area (Å²) in [6, 6.07) is 0. The Balaban J connectivity index is -0.0000328. The summed E-state index contributed by atoms with van der Waals surface area (Å²) in [5, 5.41) is 21.7. The van der Waals surface area contributed by atoms with Crippen LogP contribution in [-0.2, 0) is 57.2 Å². The quantitative estimate of drug-likeness (QED) is 0.0206. The van der Waals surface area contributed by atoms with Gasteiger partial charge >= 0.3 is 35.8 Å². The SMILES string of the molecule is CCCCCC(OC(=O)CCCC(=O)OCC[N+](C)(C)C)C(O)C/C=C\CCCCCCCC(=O)OCCCCCCCCCCOC(=O)CCCCCCC/C=C\CC(O)C(CCCCC)OC(=O)CCCC(=O)OCC[N+](C)(C)C.[Cl-].[Cl-]. The fourth-order valence-corrected chi connectivity index (χ4v) is 8.99. The number of hydrogen-bond acceptors (Lipinski definition) is 14. The number of aliphatic hydroxyl groups excluding tert-OH is 2.